The summed E-state index contributed by atoms with van der Waals surface area (Å²) in [6.07, 6.45) is -2.89. The molecule has 11 nitrogen and oxygen atoms in total. The average molecular weight is 404 g/mol. The summed E-state index contributed by atoms with van der Waals surface area (Å²) in [4.78, 5) is 13.1. The molecule has 0 saturated carbocycles. The maximum atomic E-state index is 12.3. The minimum atomic E-state index is -3.42. The fourth-order valence-corrected chi connectivity index (χ4v) is 3.95. The fourth-order valence-electron chi connectivity index (χ4n) is 3.14. The zero-order valence-electron chi connectivity index (χ0n) is 14.7. The summed E-state index contributed by atoms with van der Waals surface area (Å²) in [5.41, 5.74) is -1.31. The van der Waals surface area contributed by atoms with E-state index in [0.29, 0.717) is 0 Å². The van der Waals surface area contributed by atoms with Gasteiger partial charge in [-0.3, -0.25) is 13.9 Å². The second kappa shape index (κ2) is 7.50. The van der Waals surface area contributed by atoms with E-state index in [-0.39, 0.29) is 12.2 Å². The lowest BCUT2D eigenvalue weighted by Gasteiger charge is -2.39. The number of nitrogens with one attached hydrogen (secondary N) is 1. The molecule has 27 heavy (non-hydrogen) atoms. The molecule has 2 fully saturated rings. The smallest absolute Gasteiger partial charge is 0.327 e. The van der Waals surface area contributed by atoms with Gasteiger partial charge in [-0.25, -0.2) is 0 Å². The summed E-state index contributed by atoms with van der Waals surface area (Å²) in [6, 6.07) is 0. The van der Waals surface area contributed by atoms with Crippen LogP contribution in [0.4, 0.5) is 0 Å². The Morgan fingerprint density at radius 3 is 2.89 bits per heavy atom. The first-order chi connectivity index (χ1) is 12.8. The van der Waals surface area contributed by atoms with E-state index < -0.39 is 57.1 Å². The molecule has 0 radical (unpaired) electrons. The second-order valence-corrected chi connectivity index (χ2v) is 8.40. The molecule has 0 aromatic heterocycles. The first kappa shape index (κ1) is 20.3. The van der Waals surface area contributed by atoms with Crippen LogP contribution in [-0.2, 0) is 27.9 Å². The third-order valence-electron chi connectivity index (χ3n) is 4.54. The Hall–Kier alpha value is -1.48. The number of amides is 1. The van der Waals surface area contributed by atoms with Crippen LogP contribution in [0.25, 0.3) is 0 Å². The van der Waals surface area contributed by atoms with Gasteiger partial charge >= 0.3 is 7.60 Å². The van der Waals surface area contributed by atoms with E-state index in [1.807, 2.05) is 0 Å². The summed E-state index contributed by atoms with van der Waals surface area (Å²) in [6.45, 7) is 0.357. The van der Waals surface area contributed by atoms with Gasteiger partial charge in [0.2, 0.25) is 6.35 Å². The molecule has 12 heteroatoms. The van der Waals surface area contributed by atoms with Crippen LogP contribution in [0, 0.1) is 11.8 Å². The van der Waals surface area contributed by atoms with Crippen LogP contribution in [0.3, 0.4) is 0 Å². The van der Waals surface area contributed by atoms with Crippen LogP contribution in [-0.4, -0.2) is 90.1 Å². The van der Waals surface area contributed by atoms with Crippen LogP contribution in [0.2, 0.25) is 0 Å². The van der Waals surface area contributed by atoms with Crippen LogP contribution >= 0.6 is 7.60 Å². The van der Waals surface area contributed by atoms with Gasteiger partial charge in [0, 0.05) is 20.0 Å². The summed E-state index contributed by atoms with van der Waals surface area (Å²) in [5, 5.41) is 31.2. The molecule has 3 rings (SSSR count). The van der Waals surface area contributed by atoms with Gasteiger partial charge in [0.15, 0.2) is 6.23 Å². The Morgan fingerprint density at radius 2 is 2.26 bits per heavy atom. The molecule has 150 valence electrons. The molecule has 0 aromatic rings. The van der Waals surface area contributed by atoms with Crippen molar-refractivity contribution < 1.29 is 43.2 Å². The molecule has 2 bridgehead atoms. The van der Waals surface area contributed by atoms with E-state index in [1.165, 1.54) is 24.9 Å². The maximum absolute atomic E-state index is 12.3. The standard InChI is InChI=1S/C15H21N2O9P/c1-23-27(2,22)26-11-10-13(25-15(11,7-19)8-24-10)17-6-9(4-3-5-18)12(20)16-14(17)21/h6,10-11,13-14,18-19,21H,5,7-8H2,1-2H3,(H,16,20). The number of fused-ring (bicyclic) bond motifs is 2. The van der Waals surface area contributed by atoms with E-state index in [1.54, 1.807) is 0 Å². The van der Waals surface area contributed by atoms with Crippen molar-refractivity contribution in [3.8, 4) is 11.8 Å². The minimum Gasteiger partial charge on any atom is -0.393 e. The molecule has 3 aliphatic heterocycles. The van der Waals surface area contributed by atoms with Crippen molar-refractivity contribution in [3.05, 3.63) is 11.8 Å². The molecular weight excluding hydrogens is 383 g/mol. The Balaban J connectivity index is 1.90. The number of rotatable bonds is 5. The lowest BCUT2D eigenvalue weighted by Crippen LogP contribution is -2.58. The lowest BCUT2D eigenvalue weighted by molar-refractivity contribution is -0.223. The quantitative estimate of drug-likeness (QED) is 0.297. The van der Waals surface area contributed by atoms with Crippen molar-refractivity contribution in [1.29, 1.82) is 0 Å². The molecular formula is C15H21N2O9P. The third kappa shape index (κ3) is 3.63. The zero-order valence-corrected chi connectivity index (χ0v) is 15.6. The first-order valence-corrected chi connectivity index (χ1v) is 10.1. The van der Waals surface area contributed by atoms with Gasteiger partial charge < -0.3 is 39.5 Å². The molecule has 1 amide bonds. The fraction of sp³-hybridized carbons (Fsp3) is 0.667. The van der Waals surface area contributed by atoms with Crippen molar-refractivity contribution in [2.45, 2.75) is 30.4 Å². The minimum absolute atomic E-state index is 0.00374. The van der Waals surface area contributed by atoms with Gasteiger partial charge in [-0.1, -0.05) is 11.8 Å². The van der Waals surface area contributed by atoms with E-state index in [4.69, 9.17) is 23.6 Å². The Bertz CT molecular complexity index is 747. The van der Waals surface area contributed by atoms with Gasteiger partial charge in [0.25, 0.3) is 5.91 Å². The van der Waals surface area contributed by atoms with Crippen molar-refractivity contribution in [1.82, 2.24) is 10.2 Å². The summed E-state index contributed by atoms with van der Waals surface area (Å²) >= 11 is 0. The highest BCUT2D eigenvalue weighted by atomic mass is 31.2. The number of hydrogen-bond donors (Lipinski definition) is 4. The normalized spacial score (nSPS) is 37.3. The van der Waals surface area contributed by atoms with Crippen molar-refractivity contribution in [2.75, 3.05) is 33.6 Å². The van der Waals surface area contributed by atoms with Crippen LogP contribution in [0.15, 0.2) is 11.8 Å². The van der Waals surface area contributed by atoms with E-state index >= 15 is 0 Å². The molecule has 6 unspecified atom stereocenters. The van der Waals surface area contributed by atoms with Crippen LogP contribution in [0.1, 0.15) is 0 Å². The highest BCUT2D eigenvalue weighted by Crippen LogP contribution is 2.52. The third-order valence-corrected chi connectivity index (χ3v) is 5.81. The largest absolute Gasteiger partial charge is 0.393 e. The van der Waals surface area contributed by atoms with Gasteiger partial charge in [-0.15, -0.1) is 0 Å². The number of aliphatic hydroxyl groups is 3. The summed E-state index contributed by atoms with van der Waals surface area (Å²) in [7, 11) is -2.18. The molecule has 3 aliphatic rings. The Kier molecular flexibility index (Phi) is 5.63. The molecule has 6 atom stereocenters. The molecule has 0 aliphatic carbocycles. The van der Waals surface area contributed by atoms with Crippen LogP contribution < -0.4 is 5.32 Å². The number of carbonyl (C=O) groups excluding carboxylic acids is 1. The summed E-state index contributed by atoms with van der Waals surface area (Å²) in [5.74, 6) is 4.21. The van der Waals surface area contributed by atoms with Gasteiger partial charge in [0.1, 0.15) is 30.0 Å². The predicted octanol–water partition coefficient (Wildman–Crippen LogP) is -2.09. The van der Waals surface area contributed by atoms with E-state index in [9.17, 15) is 19.6 Å². The molecule has 2 saturated heterocycles. The van der Waals surface area contributed by atoms with Crippen LogP contribution in [0.5, 0.6) is 0 Å². The van der Waals surface area contributed by atoms with Crippen molar-refractivity contribution in [2.24, 2.45) is 0 Å². The highest BCUT2D eigenvalue weighted by molar-refractivity contribution is 7.52. The molecule has 3 heterocycles. The zero-order chi connectivity index (χ0) is 19.8. The Morgan fingerprint density at radius 1 is 1.52 bits per heavy atom. The van der Waals surface area contributed by atoms with Gasteiger partial charge in [0.05, 0.1) is 13.2 Å². The van der Waals surface area contributed by atoms with Crippen molar-refractivity contribution >= 4 is 13.5 Å². The summed E-state index contributed by atoms with van der Waals surface area (Å²) < 4.78 is 34.2. The van der Waals surface area contributed by atoms with Crippen molar-refractivity contribution in [3.63, 3.8) is 0 Å². The number of nitrogens with zero attached hydrogens (tertiary/aromatic N) is 1. The van der Waals surface area contributed by atoms with E-state index in [2.05, 4.69) is 17.2 Å². The number of hydrogen-bond acceptors (Lipinski definition) is 10. The maximum Gasteiger partial charge on any atom is 0.327 e. The van der Waals surface area contributed by atoms with Gasteiger partial charge in [-0.2, -0.15) is 0 Å². The topological polar surface area (TPSA) is 147 Å². The second-order valence-electron chi connectivity index (χ2n) is 6.28. The lowest BCUT2D eigenvalue weighted by atomic mass is 10.0. The predicted molar refractivity (Wildman–Crippen MR) is 88.8 cm³/mol. The number of carbonyl (C=O) groups is 1. The highest BCUT2D eigenvalue weighted by Gasteiger charge is 2.65. The molecule has 0 aromatic carbocycles. The van der Waals surface area contributed by atoms with E-state index in [0.717, 1.165) is 0 Å². The Labute approximate surface area is 155 Å². The number of ether oxygens (including phenoxy) is 2. The molecule has 4 N–H and O–H groups in total. The average Bonchev–Trinajstić information content (AvgIpc) is 3.12. The SMILES string of the molecule is COP(C)(=O)OC1C2OCC1(CO)OC2N1C=C(C#CCO)C(=O)NC1O. The monoisotopic (exact) mass is 404 g/mol. The molecule has 0 spiro atoms. The number of aliphatic hydroxyl groups excluding tert-OH is 3. The first-order valence-electron chi connectivity index (χ1n) is 8.07. The van der Waals surface area contributed by atoms with Gasteiger partial charge in [-0.05, 0) is 0 Å².